The molecular weight excluding hydrogens is 262 g/mol. The summed E-state index contributed by atoms with van der Waals surface area (Å²) < 4.78 is 31.6. The molecule has 0 bridgehead atoms. The lowest BCUT2D eigenvalue weighted by molar-refractivity contribution is -0.271. The zero-order valence-electron chi connectivity index (χ0n) is 11.0. The zero-order chi connectivity index (χ0) is 14.8. The number of piperidine rings is 1. The minimum atomic E-state index is -3.20. The molecule has 2 amide bonds. The lowest BCUT2D eigenvalue weighted by Crippen LogP contribution is -2.59. The number of ether oxygens (including phenoxy) is 1. The third kappa shape index (κ3) is 5.27. The van der Waals surface area contributed by atoms with E-state index < -0.39 is 42.7 Å². The van der Waals surface area contributed by atoms with Crippen molar-refractivity contribution in [3.05, 3.63) is 0 Å². The minimum Gasteiger partial charge on any atom is -0.530 e. The summed E-state index contributed by atoms with van der Waals surface area (Å²) in [6, 6.07) is -1.00. The van der Waals surface area contributed by atoms with Crippen LogP contribution in [0.4, 0.5) is 18.4 Å². The number of hydrogen-bond acceptors (Lipinski definition) is 4. The van der Waals surface area contributed by atoms with Crippen LogP contribution in [-0.2, 0) is 4.74 Å². The van der Waals surface area contributed by atoms with Gasteiger partial charge in [0.1, 0.15) is 11.7 Å². The summed E-state index contributed by atoms with van der Waals surface area (Å²) in [6.07, 6.45) is -3.17. The summed E-state index contributed by atoms with van der Waals surface area (Å²) in [4.78, 5) is 22.6. The molecule has 0 aromatic rings. The number of alkyl carbamates (subject to hydrolysis) is 1. The second kappa shape index (κ2) is 5.18. The Bertz CT molecular complexity index is 368. The summed E-state index contributed by atoms with van der Waals surface area (Å²) in [6.45, 7) is 3.75. The van der Waals surface area contributed by atoms with Crippen molar-refractivity contribution < 1.29 is 28.2 Å². The molecule has 1 rings (SSSR count). The second-order valence-electron chi connectivity index (χ2n) is 5.55. The number of rotatable bonds is 1. The molecule has 0 aliphatic carbocycles. The molecule has 1 fully saturated rings. The molecule has 110 valence electrons. The summed E-state index contributed by atoms with van der Waals surface area (Å²) in [5.74, 6) is -3.20. The largest absolute Gasteiger partial charge is 0.530 e. The number of hydrogen-bond donors (Lipinski definition) is 1. The highest BCUT2D eigenvalue weighted by atomic mass is 19.3. The number of alkyl halides is 2. The molecule has 19 heavy (non-hydrogen) atoms. The third-order valence-electron chi connectivity index (χ3n) is 2.39. The highest BCUT2D eigenvalue weighted by Crippen LogP contribution is 2.26. The molecular formula is C11H17F2N2O4-. The fraction of sp³-hybridized carbons (Fsp3) is 0.818. The molecule has 6 nitrogen and oxygen atoms in total. The van der Waals surface area contributed by atoms with Gasteiger partial charge in [0.15, 0.2) is 0 Å². The average Bonchev–Trinajstić information content (AvgIpc) is 2.10. The maximum absolute atomic E-state index is 13.3. The number of nitrogens with one attached hydrogen (secondary N) is 1. The van der Waals surface area contributed by atoms with E-state index in [1.807, 2.05) is 0 Å². The molecule has 1 N–H and O–H groups in total. The molecule has 8 heteroatoms. The van der Waals surface area contributed by atoms with Gasteiger partial charge in [-0.25, -0.2) is 13.6 Å². The Morgan fingerprint density at radius 3 is 2.47 bits per heavy atom. The van der Waals surface area contributed by atoms with E-state index in [4.69, 9.17) is 4.74 Å². The third-order valence-corrected chi connectivity index (χ3v) is 2.39. The predicted molar refractivity (Wildman–Crippen MR) is 59.7 cm³/mol. The van der Waals surface area contributed by atoms with E-state index in [-0.39, 0.29) is 6.54 Å². The standard InChI is InChI=1S/C11H18F2N2O4/c1-10(2,3)19-8(16)14-7-4-11(12,13)6-15(5-7)9(17)18/h7H,4-6H2,1-3H3,(H,14,16)(H,17,18)/p-1. The van der Waals surface area contributed by atoms with Crippen LogP contribution in [0.2, 0.25) is 0 Å². The molecule has 0 spiro atoms. The first-order valence-electron chi connectivity index (χ1n) is 5.82. The topological polar surface area (TPSA) is 81.7 Å². The van der Waals surface area contributed by atoms with E-state index in [1.54, 1.807) is 20.8 Å². The fourth-order valence-corrected chi connectivity index (χ4v) is 1.81. The highest BCUT2D eigenvalue weighted by molar-refractivity contribution is 5.68. The van der Waals surface area contributed by atoms with Crippen molar-refractivity contribution >= 4 is 12.2 Å². The van der Waals surface area contributed by atoms with Crippen molar-refractivity contribution in [1.29, 1.82) is 0 Å². The normalized spacial score (nSPS) is 22.8. The van der Waals surface area contributed by atoms with Crippen LogP contribution in [-0.4, -0.2) is 47.7 Å². The van der Waals surface area contributed by atoms with Gasteiger partial charge in [-0.05, 0) is 20.8 Å². The molecule has 1 heterocycles. The van der Waals surface area contributed by atoms with Crippen LogP contribution < -0.4 is 10.4 Å². The lowest BCUT2D eigenvalue weighted by Gasteiger charge is -2.39. The second-order valence-corrected chi connectivity index (χ2v) is 5.55. The molecule has 0 aromatic heterocycles. The maximum Gasteiger partial charge on any atom is 0.407 e. The van der Waals surface area contributed by atoms with Crippen molar-refractivity contribution in [2.75, 3.05) is 13.1 Å². The van der Waals surface area contributed by atoms with Gasteiger partial charge in [-0.15, -0.1) is 0 Å². The van der Waals surface area contributed by atoms with Gasteiger partial charge >= 0.3 is 6.09 Å². The van der Waals surface area contributed by atoms with Crippen LogP contribution in [0.1, 0.15) is 27.2 Å². The van der Waals surface area contributed by atoms with Crippen molar-refractivity contribution in [2.24, 2.45) is 0 Å². The maximum atomic E-state index is 13.3. The molecule has 1 aliphatic heterocycles. The van der Waals surface area contributed by atoms with Gasteiger partial charge in [-0.3, -0.25) is 0 Å². The number of halogens is 2. The zero-order valence-corrected chi connectivity index (χ0v) is 11.0. The SMILES string of the molecule is CC(C)(C)OC(=O)NC1CN(C(=O)[O-])CC(F)(F)C1. The van der Waals surface area contributed by atoms with E-state index in [9.17, 15) is 23.5 Å². The first kappa shape index (κ1) is 15.5. The monoisotopic (exact) mass is 279 g/mol. The Balaban J connectivity index is 2.62. The molecule has 1 saturated heterocycles. The average molecular weight is 279 g/mol. The number of carbonyl (C=O) groups excluding carboxylic acids is 2. The molecule has 0 saturated carbocycles. The van der Waals surface area contributed by atoms with E-state index >= 15 is 0 Å². The van der Waals surface area contributed by atoms with Gasteiger partial charge < -0.3 is 24.9 Å². The minimum absolute atomic E-state index is 0.239. The lowest BCUT2D eigenvalue weighted by atomic mass is 10.0. The number of amides is 2. The van der Waals surface area contributed by atoms with Crippen molar-refractivity contribution in [3.8, 4) is 0 Å². The molecule has 1 atom stereocenters. The summed E-state index contributed by atoms with van der Waals surface area (Å²) >= 11 is 0. The molecule has 1 aliphatic rings. The van der Waals surface area contributed by atoms with Gasteiger partial charge in [0.2, 0.25) is 0 Å². The van der Waals surface area contributed by atoms with Crippen LogP contribution in [0.3, 0.4) is 0 Å². The summed E-state index contributed by atoms with van der Waals surface area (Å²) in [7, 11) is 0. The fourth-order valence-electron chi connectivity index (χ4n) is 1.81. The summed E-state index contributed by atoms with van der Waals surface area (Å²) in [5.41, 5.74) is -0.755. The number of nitrogens with zero attached hydrogens (tertiary/aromatic N) is 1. The van der Waals surface area contributed by atoms with Crippen LogP contribution in [0, 0.1) is 0 Å². The smallest absolute Gasteiger partial charge is 0.407 e. The number of carboxylic acid groups (broad SMARTS) is 1. The molecule has 0 aromatic carbocycles. The Morgan fingerprint density at radius 2 is 2.00 bits per heavy atom. The van der Waals surface area contributed by atoms with Crippen molar-refractivity contribution in [1.82, 2.24) is 10.2 Å². The quantitative estimate of drug-likeness (QED) is 0.760. The van der Waals surface area contributed by atoms with Crippen LogP contribution >= 0.6 is 0 Å². The number of carbonyl (C=O) groups is 2. The first-order chi connectivity index (χ1) is 8.48. The van der Waals surface area contributed by atoms with E-state index in [0.717, 1.165) is 0 Å². The Labute approximate surface area is 109 Å². The van der Waals surface area contributed by atoms with Crippen molar-refractivity contribution in [2.45, 2.75) is 44.8 Å². The van der Waals surface area contributed by atoms with E-state index in [1.165, 1.54) is 0 Å². The summed E-state index contributed by atoms with van der Waals surface area (Å²) in [5, 5.41) is 12.9. The molecule has 0 radical (unpaired) electrons. The number of likely N-dealkylation sites (tertiary alicyclic amines) is 1. The van der Waals surface area contributed by atoms with Crippen LogP contribution in [0.5, 0.6) is 0 Å². The molecule has 1 unspecified atom stereocenters. The Hall–Kier alpha value is -1.60. The van der Waals surface area contributed by atoms with Gasteiger partial charge in [-0.1, -0.05) is 0 Å². The van der Waals surface area contributed by atoms with Crippen LogP contribution in [0.25, 0.3) is 0 Å². The Kier molecular flexibility index (Phi) is 4.21. The highest BCUT2D eigenvalue weighted by Gasteiger charge is 2.41. The van der Waals surface area contributed by atoms with Gasteiger partial charge in [0.05, 0.1) is 12.6 Å². The van der Waals surface area contributed by atoms with Gasteiger partial charge in [-0.2, -0.15) is 0 Å². The predicted octanol–water partition coefficient (Wildman–Crippen LogP) is 0.564. The van der Waals surface area contributed by atoms with Gasteiger partial charge in [0, 0.05) is 13.0 Å². The van der Waals surface area contributed by atoms with Crippen LogP contribution in [0.15, 0.2) is 0 Å². The first-order valence-corrected chi connectivity index (χ1v) is 5.82. The van der Waals surface area contributed by atoms with Gasteiger partial charge in [0.25, 0.3) is 5.92 Å². The van der Waals surface area contributed by atoms with Crippen molar-refractivity contribution in [3.63, 3.8) is 0 Å². The van der Waals surface area contributed by atoms with E-state index in [0.29, 0.717) is 4.90 Å². The van der Waals surface area contributed by atoms with E-state index in [2.05, 4.69) is 5.32 Å². The Morgan fingerprint density at radius 1 is 1.42 bits per heavy atom.